The van der Waals surface area contributed by atoms with Crippen LogP contribution in [0.1, 0.15) is 33.1 Å². The van der Waals surface area contributed by atoms with Gasteiger partial charge >= 0.3 is 5.97 Å². The Bertz CT molecular complexity index is 273. The van der Waals surface area contributed by atoms with Gasteiger partial charge in [-0.2, -0.15) is 0 Å². The van der Waals surface area contributed by atoms with Gasteiger partial charge in [-0.05, 0) is 39.3 Å². The summed E-state index contributed by atoms with van der Waals surface area (Å²) in [6.45, 7) is 7.18. The molecule has 1 rings (SSSR count). The van der Waals surface area contributed by atoms with Crippen LogP contribution >= 0.6 is 0 Å². The summed E-state index contributed by atoms with van der Waals surface area (Å²) in [6.07, 6.45) is 3.05. The SMILES string of the molecule is CCCNC(CN1CCCC(C)(OC)C1)C(=O)O. The van der Waals surface area contributed by atoms with E-state index in [1.807, 2.05) is 6.92 Å². The van der Waals surface area contributed by atoms with Crippen molar-refractivity contribution in [1.29, 1.82) is 0 Å². The molecule has 1 fully saturated rings. The zero-order chi connectivity index (χ0) is 13.6. The maximum Gasteiger partial charge on any atom is 0.322 e. The van der Waals surface area contributed by atoms with Crippen LogP contribution < -0.4 is 5.32 Å². The van der Waals surface area contributed by atoms with E-state index in [0.717, 1.165) is 38.9 Å². The van der Waals surface area contributed by atoms with Crippen molar-refractivity contribution in [3.63, 3.8) is 0 Å². The van der Waals surface area contributed by atoms with E-state index in [1.165, 1.54) is 0 Å². The molecule has 0 bridgehead atoms. The van der Waals surface area contributed by atoms with Crippen LogP contribution in [0.15, 0.2) is 0 Å². The molecule has 0 aromatic rings. The third-order valence-electron chi connectivity index (χ3n) is 3.61. The Morgan fingerprint density at radius 1 is 1.61 bits per heavy atom. The van der Waals surface area contributed by atoms with Crippen molar-refractivity contribution in [3.05, 3.63) is 0 Å². The molecule has 2 unspecified atom stereocenters. The fraction of sp³-hybridized carbons (Fsp3) is 0.923. The first kappa shape index (κ1) is 15.4. The largest absolute Gasteiger partial charge is 0.480 e. The Morgan fingerprint density at radius 2 is 2.33 bits per heavy atom. The fourth-order valence-corrected chi connectivity index (χ4v) is 2.44. The van der Waals surface area contributed by atoms with E-state index in [-0.39, 0.29) is 5.60 Å². The summed E-state index contributed by atoms with van der Waals surface area (Å²) in [4.78, 5) is 13.4. The van der Waals surface area contributed by atoms with Crippen LogP contribution in [0.3, 0.4) is 0 Å². The van der Waals surface area contributed by atoms with Gasteiger partial charge in [-0.1, -0.05) is 6.92 Å². The average molecular weight is 258 g/mol. The van der Waals surface area contributed by atoms with Crippen LogP contribution in [-0.4, -0.2) is 60.9 Å². The molecule has 18 heavy (non-hydrogen) atoms. The van der Waals surface area contributed by atoms with Gasteiger partial charge in [-0.3, -0.25) is 9.69 Å². The van der Waals surface area contributed by atoms with E-state index in [9.17, 15) is 9.90 Å². The maximum atomic E-state index is 11.2. The van der Waals surface area contributed by atoms with E-state index in [2.05, 4.69) is 17.1 Å². The zero-order valence-electron chi connectivity index (χ0n) is 11.7. The molecule has 0 aromatic carbocycles. The highest BCUT2D eigenvalue weighted by Crippen LogP contribution is 2.23. The third kappa shape index (κ3) is 4.55. The molecule has 1 heterocycles. The first-order valence-corrected chi connectivity index (χ1v) is 6.74. The van der Waals surface area contributed by atoms with Crippen molar-refractivity contribution in [2.45, 2.75) is 44.8 Å². The first-order chi connectivity index (χ1) is 8.50. The van der Waals surface area contributed by atoms with E-state index < -0.39 is 12.0 Å². The van der Waals surface area contributed by atoms with Gasteiger partial charge in [0.25, 0.3) is 0 Å². The van der Waals surface area contributed by atoms with E-state index in [1.54, 1.807) is 7.11 Å². The standard InChI is InChI=1S/C13H26N2O3/c1-4-7-14-11(12(16)17)9-15-8-5-6-13(2,10-15)18-3/h11,14H,4-10H2,1-3H3,(H,16,17). The van der Waals surface area contributed by atoms with Gasteiger partial charge < -0.3 is 15.2 Å². The molecule has 5 nitrogen and oxygen atoms in total. The number of carboxylic acids is 1. The highest BCUT2D eigenvalue weighted by molar-refractivity contribution is 5.73. The van der Waals surface area contributed by atoms with Crippen LogP contribution in [0.25, 0.3) is 0 Å². The van der Waals surface area contributed by atoms with Crippen LogP contribution in [-0.2, 0) is 9.53 Å². The Kier molecular flexibility index (Phi) is 6.05. The molecule has 106 valence electrons. The van der Waals surface area contributed by atoms with Crippen molar-refractivity contribution < 1.29 is 14.6 Å². The minimum atomic E-state index is -0.770. The summed E-state index contributed by atoms with van der Waals surface area (Å²) < 4.78 is 5.52. The number of methoxy groups -OCH3 is 1. The average Bonchev–Trinajstić information content (AvgIpc) is 2.34. The van der Waals surface area contributed by atoms with Crippen molar-refractivity contribution in [2.75, 3.05) is 33.3 Å². The van der Waals surface area contributed by atoms with Crippen LogP contribution in [0, 0.1) is 0 Å². The number of likely N-dealkylation sites (tertiary alicyclic amines) is 1. The lowest BCUT2D eigenvalue weighted by Gasteiger charge is -2.40. The Morgan fingerprint density at radius 3 is 2.89 bits per heavy atom. The lowest BCUT2D eigenvalue weighted by molar-refractivity contribution is -0.140. The molecule has 0 spiro atoms. The summed E-state index contributed by atoms with van der Waals surface area (Å²) in [5.41, 5.74) is -0.133. The second kappa shape index (κ2) is 7.07. The van der Waals surface area contributed by atoms with Gasteiger partial charge in [0.2, 0.25) is 0 Å². The van der Waals surface area contributed by atoms with Crippen molar-refractivity contribution >= 4 is 5.97 Å². The van der Waals surface area contributed by atoms with Crippen LogP contribution in [0.5, 0.6) is 0 Å². The minimum Gasteiger partial charge on any atom is -0.480 e. The number of hydrogen-bond acceptors (Lipinski definition) is 4. The molecular formula is C13H26N2O3. The molecule has 0 amide bonds. The number of nitrogens with zero attached hydrogens (tertiary/aromatic N) is 1. The normalized spacial score (nSPS) is 27.1. The number of aliphatic carboxylic acids is 1. The molecule has 1 aliphatic rings. The predicted octanol–water partition coefficient (Wildman–Crippen LogP) is 0.940. The van der Waals surface area contributed by atoms with Crippen LogP contribution in [0.4, 0.5) is 0 Å². The number of carbonyl (C=O) groups is 1. The quantitative estimate of drug-likeness (QED) is 0.711. The van der Waals surface area contributed by atoms with E-state index >= 15 is 0 Å². The summed E-state index contributed by atoms with van der Waals surface area (Å²) in [7, 11) is 1.73. The number of nitrogens with one attached hydrogen (secondary N) is 1. The summed E-state index contributed by atoms with van der Waals surface area (Å²) in [5, 5.41) is 12.3. The summed E-state index contributed by atoms with van der Waals surface area (Å²) >= 11 is 0. The number of rotatable bonds is 7. The molecule has 1 aliphatic heterocycles. The minimum absolute atomic E-state index is 0.133. The number of piperidine rings is 1. The molecule has 2 atom stereocenters. The van der Waals surface area contributed by atoms with Crippen molar-refractivity contribution in [3.8, 4) is 0 Å². The molecule has 5 heteroatoms. The molecule has 0 radical (unpaired) electrons. The number of ether oxygens (including phenoxy) is 1. The first-order valence-electron chi connectivity index (χ1n) is 6.74. The van der Waals surface area contributed by atoms with Crippen LogP contribution in [0.2, 0.25) is 0 Å². The highest BCUT2D eigenvalue weighted by atomic mass is 16.5. The van der Waals surface area contributed by atoms with Crippen molar-refractivity contribution in [1.82, 2.24) is 10.2 Å². The molecule has 1 saturated heterocycles. The Balaban J connectivity index is 2.50. The molecule has 2 N–H and O–H groups in total. The van der Waals surface area contributed by atoms with Gasteiger partial charge in [0.05, 0.1) is 5.60 Å². The molecule has 0 aliphatic carbocycles. The molecule has 0 aromatic heterocycles. The second-order valence-corrected chi connectivity index (χ2v) is 5.34. The lowest BCUT2D eigenvalue weighted by Crippen LogP contribution is -2.53. The van der Waals surface area contributed by atoms with Gasteiger partial charge in [0, 0.05) is 20.2 Å². The topological polar surface area (TPSA) is 61.8 Å². The third-order valence-corrected chi connectivity index (χ3v) is 3.61. The van der Waals surface area contributed by atoms with E-state index in [0.29, 0.717) is 6.54 Å². The molecular weight excluding hydrogens is 232 g/mol. The summed E-state index contributed by atoms with van der Waals surface area (Å²) in [5.74, 6) is -0.770. The van der Waals surface area contributed by atoms with Gasteiger partial charge in [-0.15, -0.1) is 0 Å². The number of carboxylic acid groups (broad SMARTS) is 1. The second-order valence-electron chi connectivity index (χ2n) is 5.34. The smallest absolute Gasteiger partial charge is 0.322 e. The van der Waals surface area contributed by atoms with Gasteiger partial charge in [0.15, 0.2) is 0 Å². The van der Waals surface area contributed by atoms with Gasteiger partial charge in [0.1, 0.15) is 6.04 Å². The Labute approximate surface area is 109 Å². The monoisotopic (exact) mass is 258 g/mol. The van der Waals surface area contributed by atoms with E-state index in [4.69, 9.17) is 4.74 Å². The number of hydrogen-bond donors (Lipinski definition) is 2. The Hall–Kier alpha value is -0.650. The van der Waals surface area contributed by atoms with Crippen molar-refractivity contribution in [2.24, 2.45) is 0 Å². The zero-order valence-corrected chi connectivity index (χ0v) is 11.7. The maximum absolute atomic E-state index is 11.2. The fourth-order valence-electron chi connectivity index (χ4n) is 2.44. The van der Waals surface area contributed by atoms with Gasteiger partial charge in [-0.25, -0.2) is 0 Å². The lowest BCUT2D eigenvalue weighted by atomic mass is 9.94. The highest BCUT2D eigenvalue weighted by Gasteiger charge is 2.32. The summed E-state index contributed by atoms with van der Waals surface area (Å²) in [6, 6.07) is -0.482. The predicted molar refractivity (Wildman–Crippen MR) is 70.8 cm³/mol. The molecule has 0 saturated carbocycles.